The van der Waals surface area contributed by atoms with Crippen LogP contribution in [0.3, 0.4) is 0 Å². The van der Waals surface area contributed by atoms with Crippen LogP contribution in [-0.4, -0.2) is 60.6 Å². The monoisotopic (exact) mass is 239 g/mol. The van der Waals surface area contributed by atoms with Crippen LogP contribution < -0.4 is 0 Å². The molecule has 1 radical (unpaired) electrons. The molecular formula is CH6MnNaO7P. The van der Waals surface area contributed by atoms with Crippen molar-refractivity contribution in [3.05, 3.63) is 0 Å². The van der Waals surface area contributed by atoms with E-state index in [4.69, 9.17) is 34.3 Å². The van der Waals surface area contributed by atoms with Gasteiger partial charge in [-0.3, -0.25) is 0 Å². The molecule has 0 aliphatic rings. The molecule has 7 nitrogen and oxygen atoms in total. The zero-order valence-corrected chi connectivity index (χ0v) is 6.45. The molecule has 65 valence electrons. The van der Waals surface area contributed by atoms with Crippen LogP contribution in [0.5, 0.6) is 0 Å². The van der Waals surface area contributed by atoms with Crippen molar-refractivity contribution in [2.24, 2.45) is 0 Å². The van der Waals surface area contributed by atoms with Gasteiger partial charge >= 0.3 is 43.5 Å². The van der Waals surface area contributed by atoms with Crippen LogP contribution in [0.15, 0.2) is 0 Å². The Kier molecular flexibility index (Phi) is 22.4. The molecule has 0 rings (SSSR count). The molecule has 0 bridgehead atoms. The van der Waals surface area contributed by atoms with Gasteiger partial charge in [0.25, 0.3) is 0 Å². The zero-order valence-electron chi connectivity index (χ0n) is 4.38. The van der Waals surface area contributed by atoms with E-state index < -0.39 is 14.0 Å². The van der Waals surface area contributed by atoms with Gasteiger partial charge in [0.15, 0.2) is 0 Å². The fourth-order valence-electron chi connectivity index (χ4n) is 0. The van der Waals surface area contributed by atoms with E-state index in [-0.39, 0.29) is 46.6 Å². The molecule has 10 heteroatoms. The quantitative estimate of drug-likeness (QED) is 0.260. The Labute approximate surface area is 94.4 Å². The molecule has 0 aliphatic carbocycles. The van der Waals surface area contributed by atoms with Crippen molar-refractivity contribution in [3.63, 3.8) is 0 Å². The average molecular weight is 239 g/mol. The fraction of sp³-hybridized carbons (Fsp3) is 0. The molecule has 0 aromatic heterocycles. The first-order valence-corrected chi connectivity index (χ1v) is 3.00. The van der Waals surface area contributed by atoms with Crippen molar-refractivity contribution in [2.75, 3.05) is 0 Å². The zero-order chi connectivity index (χ0) is 8.08. The van der Waals surface area contributed by atoms with Crippen molar-refractivity contribution in [1.82, 2.24) is 0 Å². The maximum atomic E-state index is 8.88. The van der Waals surface area contributed by atoms with Gasteiger partial charge in [0, 0.05) is 17.1 Å². The second kappa shape index (κ2) is 10.9. The summed E-state index contributed by atoms with van der Waals surface area (Å²) in [5.41, 5.74) is 0. The molecule has 0 saturated heterocycles. The summed E-state index contributed by atoms with van der Waals surface area (Å²) >= 11 is 0. The summed E-state index contributed by atoms with van der Waals surface area (Å²) in [6.07, 6.45) is -1.83. The molecule has 0 fully saturated rings. The summed E-state index contributed by atoms with van der Waals surface area (Å²) in [4.78, 5) is 30.1. The summed E-state index contributed by atoms with van der Waals surface area (Å²) in [5.74, 6) is 0. The van der Waals surface area contributed by atoms with E-state index in [0.29, 0.717) is 0 Å². The molecule has 0 aromatic rings. The van der Waals surface area contributed by atoms with Crippen LogP contribution in [-0.2, 0) is 21.6 Å². The van der Waals surface area contributed by atoms with E-state index in [2.05, 4.69) is 0 Å². The molecule has 0 saturated carbocycles. The van der Waals surface area contributed by atoms with Gasteiger partial charge in [0.1, 0.15) is 0 Å². The average Bonchev–Trinajstić information content (AvgIpc) is 1.19. The maximum absolute atomic E-state index is 8.88. The third kappa shape index (κ3) is 1070. The van der Waals surface area contributed by atoms with Gasteiger partial charge in [-0.2, -0.15) is 0 Å². The van der Waals surface area contributed by atoms with Crippen molar-refractivity contribution in [3.8, 4) is 0 Å². The Morgan fingerprint density at radius 3 is 1.09 bits per heavy atom. The minimum atomic E-state index is -4.64. The number of carbonyl (C=O) groups is 1. The molecule has 5 N–H and O–H groups in total. The molecule has 0 spiro atoms. The minimum absolute atomic E-state index is 0. The Bertz CT molecular complexity index is 118. The van der Waals surface area contributed by atoms with Crippen LogP contribution in [0, 0.1) is 0 Å². The Morgan fingerprint density at radius 1 is 1.09 bits per heavy atom. The van der Waals surface area contributed by atoms with E-state index in [1.165, 1.54) is 0 Å². The van der Waals surface area contributed by atoms with E-state index in [1.807, 2.05) is 0 Å². The molecule has 0 aliphatic heterocycles. The predicted octanol–water partition coefficient (Wildman–Crippen LogP) is -1.36. The third-order valence-electron chi connectivity index (χ3n) is 0. The fourth-order valence-corrected chi connectivity index (χ4v) is 0. The van der Waals surface area contributed by atoms with Crippen LogP contribution in [0.1, 0.15) is 0 Å². The van der Waals surface area contributed by atoms with Crippen molar-refractivity contribution >= 4 is 43.5 Å². The van der Waals surface area contributed by atoms with Gasteiger partial charge in [0.2, 0.25) is 0 Å². The summed E-state index contributed by atoms with van der Waals surface area (Å²) in [6, 6.07) is 0. The van der Waals surface area contributed by atoms with E-state index in [0.717, 1.165) is 0 Å². The van der Waals surface area contributed by atoms with Gasteiger partial charge < -0.3 is 24.9 Å². The summed E-state index contributed by atoms with van der Waals surface area (Å²) in [5, 5.41) is 13.9. The van der Waals surface area contributed by atoms with E-state index in [1.54, 1.807) is 0 Å². The standard InChI is InChI=1S/CH2O3.Mn.Na.H3O4P.H/c2-1(3)4;;;1-5(2,3)4;/h(H2,2,3,4);;;(H3,1,2,3,4);. The molecule has 0 atom stereocenters. The van der Waals surface area contributed by atoms with Crippen LogP contribution in [0.2, 0.25) is 0 Å². The topological polar surface area (TPSA) is 135 Å². The first-order valence-electron chi connectivity index (χ1n) is 1.43. The van der Waals surface area contributed by atoms with E-state index in [9.17, 15) is 0 Å². The van der Waals surface area contributed by atoms with Gasteiger partial charge in [-0.05, 0) is 0 Å². The van der Waals surface area contributed by atoms with Gasteiger partial charge in [-0.25, -0.2) is 9.36 Å². The predicted molar refractivity (Wildman–Crippen MR) is 32.1 cm³/mol. The number of carboxylic acid groups (broad SMARTS) is 2. The van der Waals surface area contributed by atoms with Crippen molar-refractivity contribution in [2.45, 2.75) is 0 Å². The van der Waals surface area contributed by atoms with E-state index >= 15 is 0 Å². The van der Waals surface area contributed by atoms with Crippen molar-refractivity contribution < 1.29 is 51.3 Å². The third-order valence-corrected chi connectivity index (χ3v) is 0. The van der Waals surface area contributed by atoms with Gasteiger partial charge in [0.05, 0.1) is 0 Å². The Balaban J connectivity index is -0.0000000383. The van der Waals surface area contributed by atoms with Crippen LogP contribution >= 0.6 is 7.82 Å². The number of phosphoric acid groups is 1. The van der Waals surface area contributed by atoms with Crippen LogP contribution in [0.4, 0.5) is 4.79 Å². The molecule has 0 heterocycles. The Morgan fingerprint density at radius 2 is 1.09 bits per heavy atom. The second-order valence-corrected chi connectivity index (χ2v) is 1.82. The Hall–Kier alpha value is 0.899. The SMILES string of the molecule is O=C(O)O.O=P(O)(O)O.[Mn].[NaH]. The summed E-state index contributed by atoms with van der Waals surface area (Å²) in [7, 11) is -4.64. The number of rotatable bonds is 0. The summed E-state index contributed by atoms with van der Waals surface area (Å²) < 4.78 is 8.88. The van der Waals surface area contributed by atoms with Crippen LogP contribution in [0.25, 0.3) is 0 Å². The number of hydrogen-bond acceptors (Lipinski definition) is 2. The first-order chi connectivity index (χ1) is 3.73. The molecule has 0 aromatic carbocycles. The first kappa shape index (κ1) is 22.7. The van der Waals surface area contributed by atoms with Gasteiger partial charge in [-0.15, -0.1) is 0 Å². The molecule has 0 amide bonds. The molecule has 11 heavy (non-hydrogen) atoms. The van der Waals surface area contributed by atoms with Gasteiger partial charge in [-0.1, -0.05) is 0 Å². The normalized spacial score (nSPS) is 7.55. The number of hydrogen-bond donors (Lipinski definition) is 5. The second-order valence-electron chi connectivity index (χ2n) is 0.796. The molecule has 0 unspecified atom stereocenters. The molecular weight excluding hydrogens is 233 g/mol. The van der Waals surface area contributed by atoms with Crippen molar-refractivity contribution in [1.29, 1.82) is 0 Å². The summed E-state index contributed by atoms with van der Waals surface area (Å²) in [6.45, 7) is 0.